The van der Waals surface area contributed by atoms with E-state index in [2.05, 4.69) is 5.32 Å². The van der Waals surface area contributed by atoms with Crippen LogP contribution in [-0.2, 0) is 26.2 Å². The first-order chi connectivity index (χ1) is 18.4. The Balaban J connectivity index is 2.08. The van der Waals surface area contributed by atoms with Gasteiger partial charge in [0.25, 0.3) is 10.0 Å². The van der Waals surface area contributed by atoms with Crippen molar-refractivity contribution in [1.29, 1.82) is 0 Å². The smallest absolute Gasteiger partial charge is 0.264 e. The van der Waals surface area contributed by atoms with Crippen molar-refractivity contribution in [3.8, 4) is 0 Å². The molecule has 39 heavy (non-hydrogen) atoms. The van der Waals surface area contributed by atoms with E-state index in [0.717, 1.165) is 26.6 Å². The number of amides is 2. The molecule has 7 nitrogen and oxygen atoms in total. The van der Waals surface area contributed by atoms with Gasteiger partial charge in [-0.3, -0.25) is 13.9 Å². The van der Waals surface area contributed by atoms with Gasteiger partial charge in [0.15, 0.2) is 0 Å². The normalized spacial score (nSPS) is 12.2. The third kappa shape index (κ3) is 7.47. The number of benzene rings is 3. The highest BCUT2D eigenvalue weighted by Gasteiger charge is 2.34. The van der Waals surface area contributed by atoms with Gasteiger partial charge in [-0.2, -0.15) is 0 Å². The molecule has 3 rings (SSSR count). The van der Waals surface area contributed by atoms with E-state index in [-0.39, 0.29) is 23.4 Å². The highest BCUT2D eigenvalue weighted by Crippen LogP contribution is 2.27. The van der Waals surface area contributed by atoms with E-state index >= 15 is 0 Å². The molecule has 0 radical (unpaired) electrons. The molecule has 8 heteroatoms. The average Bonchev–Trinajstić information content (AvgIpc) is 2.87. The number of carbonyl (C=O) groups is 2. The summed E-state index contributed by atoms with van der Waals surface area (Å²) in [5.74, 6) is -0.724. The molecular formula is C31H39N3O4S. The molecule has 0 spiro atoms. The van der Waals surface area contributed by atoms with Gasteiger partial charge in [0, 0.05) is 12.6 Å². The van der Waals surface area contributed by atoms with E-state index in [0.29, 0.717) is 12.1 Å². The summed E-state index contributed by atoms with van der Waals surface area (Å²) in [6.07, 6.45) is 0.380. The van der Waals surface area contributed by atoms with Gasteiger partial charge in [-0.15, -0.1) is 0 Å². The molecule has 0 aromatic heterocycles. The second kappa shape index (κ2) is 12.9. The first-order valence-corrected chi connectivity index (χ1v) is 14.7. The predicted octanol–water partition coefficient (Wildman–Crippen LogP) is 5.14. The van der Waals surface area contributed by atoms with E-state index in [1.54, 1.807) is 36.4 Å². The Morgan fingerprint density at radius 3 is 2.13 bits per heavy atom. The summed E-state index contributed by atoms with van der Waals surface area (Å²) in [4.78, 5) is 28.9. The molecule has 208 valence electrons. The van der Waals surface area contributed by atoms with Gasteiger partial charge in [-0.05, 0) is 70.4 Å². The Labute approximate surface area is 232 Å². The van der Waals surface area contributed by atoms with Crippen LogP contribution in [0.15, 0.2) is 77.7 Å². The molecule has 1 N–H and O–H groups in total. The number of hydrogen-bond acceptors (Lipinski definition) is 4. The number of aryl methyl sites for hydroxylation is 3. The zero-order valence-corrected chi connectivity index (χ0v) is 24.5. The first kappa shape index (κ1) is 29.9. The maximum Gasteiger partial charge on any atom is 0.264 e. The lowest BCUT2D eigenvalue weighted by Gasteiger charge is -2.34. The maximum atomic E-state index is 14.1. The Morgan fingerprint density at radius 2 is 1.54 bits per heavy atom. The number of rotatable bonds is 11. The van der Waals surface area contributed by atoms with Crippen molar-refractivity contribution in [2.24, 2.45) is 0 Å². The van der Waals surface area contributed by atoms with Crippen LogP contribution in [0, 0.1) is 20.8 Å². The van der Waals surface area contributed by atoms with Gasteiger partial charge in [-0.1, -0.05) is 72.6 Å². The molecule has 0 saturated carbocycles. The number of nitrogens with one attached hydrogen (secondary N) is 1. The van der Waals surface area contributed by atoms with Crippen LogP contribution in [0.5, 0.6) is 0 Å². The molecule has 0 aliphatic heterocycles. The number of anilines is 1. The van der Waals surface area contributed by atoms with Gasteiger partial charge in [0.05, 0.1) is 10.6 Å². The third-order valence-electron chi connectivity index (χ3n) is 6.52. The molecule has 0 heterocycles. The number of sulfonamides is 1. The molecule has 0 aliphatic carbocycles. The van der Waals surface area contributed by atoms with E-state index in [4.69, 9.17) is 0 Å². The van der Waals surface area contributed by atoms with Crippen molar-refractivity contribution >= 4 is 27.5 Å². The summed E-state index contributed by atoms with van der Waals surface area (Å²) in [5, 5.41) is 2.92. The van der Waals surface area contributed by atoms with Gasteiger partial charge in [-0.25, -0.2) is 8.42 Å². The van der Waals surface area contributed by atoms with Gasteiger partial charge >= 0.3 is 0 Å². The van der Waals surface area contributed by atoms with Crippen molar-refractivity contribution < 1.29 is 18.0 Å². The summed E-state index contributed by atoms with van der Waals surface area (Å²) in [6, 6.07) is 20.5. The molecule has 3 aromatic carbocycles. The Bertz CT molecular complexity index is 1400. The summed E-state index contributed by atoms with van der Waals surface area (Å²) in [6.45, 7) is 11.0. The lowest BCUT2D eigenvalue weighted by atomic mass is 10.1. The van der Waals surface area contributed by atoms with Crippen LogP contribution in [0.4, 0.5) is 5.69 Å². The fourth-order valence-corrected chi connectivity index (χ4v) is 5.98. The number of hydrogen-bond donors (Lipinski definition) is 1. The highest BCUT2D eigenvalue weighted by molar-refractivity contribution is 7.92. The lowest BCUT2D eigenvalue weighted by Crippen LogP contribution is -2.53. The number of nitrogens with zero attached hydrogens (tertiary/aromatic N) is 2. The van der Waals surface area contributed by atoms with Crippen molar-refractivity contribution in [1.82, 2.24) is 10.2 Å². The minimum atomic E-state index is -4.09. The SMILES string of the molecule is CCC(C(=O)NC(C)C)N(Cc1cccc(C)c1)C(=O)CN(c1ccccc1C)S(=O)(=O)c1ccc(C)cc1. The van der Waals surface area contributed by atoms with Crippen LogP contribution in [-0.4, -0.2) is 43.8 Å². The fraction of sp³-hybridized carbons (Fsp3) is 0.355. The van der Waals surface area contributed by atoms with E-state index < -0.39 is 28.5 Å². The van der Waals surface area contributed by atoms with Crippen LogP contribution in [0.1, 0.15) is 49.4 Å². The summed E-state index contributed by atoms with van der Waals surface area (Å²) in [7, 11) is -4.09. The minimum Gasteiger partial charge on any atom is -0.352 e. The van der Waals surface area contributed by atoms with Crippen LogP contribution in [0.25, 0.3) is 0 Å². The molecule has 0 fully saturated rings. The Morgan fingerprint density at radius 1 is 0.872 bits per heavy atom. The van der Waals surface area contributed by atoms with Gasteiger partial charge in [0.2, 0.25) is 11.8 Å². The van der Waals surface area contributed by atoms with Crippen LogP contribution in [0.2, 0.25) is 0 Å². The molecule has 1 atom stereocenters. The van der Waals surface area contributed by atoms with Crippen molar-refractivity contribution in [2.75, 3.05) is 10.8 Å². The maximum absolute atomic E-state index is 14.1. The zero-order valence-electron chi connectivity index (χ0n) is 23.6. The monoisotopic (exact) mass is 549 g/mol. The predicted molar refractivity (Wildman–Crippen MR) is 156 cm³/mol. The summed E-state index contributed by atoms with van der Waals surface area (Å²) < 4.78 is 29.1. The standard InChI is InChI=1S/C31H39N3O4S/c1-7-28(31(36)32-22(2)3)33(20-26-13-10-11-24(5)19-26)30(35)21-34(29-14-9-8-12-25(29)6)39(37,38)27-17-15-23(4)16-18-27/h8-19,22,28H,7,20-21H2,1-6H3,(H,32,36). The van der Waals surface area contributed by atoms with E-state index in [1.165, 1.54) is 4.90 Å². The second-order valence-electron chi connectivity index (χ2n) is 10.2. The van der Waals surface area contributed by atoms with E-state index in [1.807, 2.05) is 77.9 Å². The molecular weight excluding hydrogens is 510 g/mol. The molecule has 1 unspecified atom stereocenters. The van der Waals surface area contributed by atoms with Crippen molar-refractivity contribution in [3.63, 3.8) is 0 Å². The third-order valence-corrected chi connectivity index (χ3v) is 8.30. The average molecular weight is 550 g/mol. The molecule has 0 saturated heterocycles. The summed E-state index contributed by atoms with van der Waals surface area (Å²) in [5.41, 5.74) is 3.96. The van der Waals surface area contributed by atoms with E-state index in [9.17, 15) is 18.0 Å². The topological polar surface area (TPSA) is 86.8 Å². The largest absolute Gasteiger partial charge is 0.352 e. The summed E-state index contributed by atoms with van der Waals surface area (Å²) >= 11 is 0. The lowest BCUT2D eigenvalue weighted by molar-refractivity contribution is -0.140. The molecule has 0 aliphatic rings. The van der Waals surface area contributed by atoms with Gasteiger partial charge < -0.3 is 10.2 Å². The number of para-hydroxylation sites is 1. The molecule has 2 amide bonds. The van der Waals surface area contributed by atoms with Crippen LogP contribution < -0.4 is 9.62 Å². The number of carbonyl (C=O) groups excluding carboxylic acids is 2. The van der Waals surface area contributed by atoms with Gasteiger partial charge in [0.1, 0.15) is 12.6 Å². The Kier molecular flexibility index (Phi) is 9.92. The van der Waals surface area contributed by atoms with Crippen molar-refractivity contribution in [3.05, 3.63) is 95.1 Å². The highest BCUT2D eigenvalue weighted by atomic mass is 32.2. The minimum absolute atomic E-state index is 0.0963. The first-order valence-electron chi connectivity index (χ1n) is 13.2. The molecule has 0 bridgehead atoms. The quantitative estimate of drug-likeness (QED) is 0.359. The zero-order chi connectivity index (χ0) is 28.7. The van der Waals surface area contributed by atoms with Crippen molar-refractivity contribution in [2.45, 2.75) is 71.5 Å². The van der Waals surface area contributed by atoms with Crippen LogP contribution in [0.3, 0.4) is 0 Å². The van der Waals surface area contributed by atoms with Crippen LogP contribution >= 0.6 is 0 Å². The second-order valence-corrected chi connectivity index (χ2v) is 12.1. The fourth-order valence-electron chi connectivity index (χ4n) is 4.50. The molecule has 3 aromatic rings. The Hall–Kier alpha value is -3.65.